The number of imide groups is 1. The predicted molar refractivity (Wildman–Crippen MR) is 103 cm³/mol. The van der Waals surface area contributed by atoms with Crippen LogP contribution >= 0.6 is 0 Å². The number of rotatable bonds is 5. The Morgan fingerprint density at radius 3 is 1.63 bits per heavy atom. The van der Waals surface area contributed by atoms with Crippen molar-refractivity contribution in [1.82, 2.24) is 4.90 Å². The first kappa shape index (κ1) is 17.7. The van der Waals surface area contributed by atoms with Gasteiger partial charge < -0.3 is 4.74 Å². The summed E-state index contributed by atoms with van der Waals surface area (Å²) >= 11 is 0. The summed E-state index contributed by atoms with van der Waals surface area (Å²) in [7, 11) is 1.58. The Kier molecular flexibility index (Phi) is 4.90. The summed E-state index contributed by atoms with van der Waals surface area (Å²) < 4.78 is 5.12. The number of nitrogens with zero attached hydrogens (tertiary/aromatic N) is 1. The number of benzene rings is 2. The maximum atomic E-state index is 13.2. The fourth-order valence-corrected chi connectivity index (χ4v) is 4.40. The van der Waals surface area contributed by atoms with E-state index in [9.17, 15) is 9.59 Å². The highest BCUT2D eigenvalue weighted by Gasteiger charge is 2.54. The molecule has 4 atom stereocenters. The molecule has 0 bridgehead atoms. The molecule has 2 aromatic rings. The minimum absolute atomic E-state index is 0.0822. The lowest BCUT2D eigenvalue weighted by Gasteiger charge is -2.32. The molecule has 138 valence electrons. The summed E-state index contributed by atoms with van der Waals surface area (Å²) in [6, 6.07) is 20.0. The van der Waals surface area contributed by atoms with Gasteiger partial charge in [-0.2, -0.15) is 0 Å². The van der Waals surface area contributed by atoms with E-state index in [0.717, 1.165) is 11.1 Å². The maximum absolute atomic E-state index is 13.2. The van der Waals surface area contributed by atoms with Crippen molar-refractivity contribution in [1.29, 1.82) is 0 Å². The van der Waals surface area contributed by atoms with Crippen molar-refractivity contribution < 1.29 is 14.3 Å². The Bertz CT molecular complexity index is 779. The van der Waals surface area contributed by atoms with Gasteiger partial charge in [-0.05, 0) is 11.1 Å². The molecule has 1 saturated heterocycles. The molecule has 2 aliphatic rings. The Balaban J connectivity index is 1.77. The molecule has 0 radical (unpaired) electrons. The molecule has 4 nitrogen and oxygen atoms in total. The van der Waals surface area contributed by atoms with Crippen molar-refractivity contribution in [3.8, 4) is 0 Å². The smallest absolute Gasteiger partial charge is 0.234 e. The van der Waals surface area contributed by atoms with Crippen molar-refractivity contribution >= 4 is 11.8 Å². The lowest BCUT2D eigenvalue weighted by Crippen LogP contribution is -2.34. The van der Waals surface area contributed by atoms with E-state index in [0.29, 0.717) is 13.2 Å². The monoisotopic (exact) mass is 361 g/mol. The molecular formula is C23H23NO3. The molecule has 4 rings (SSSR count). The normalized spacial score (nSPS) is 27.1. The fraction of sp³-hybridized carbons (Fsp3) is 0.304. The van der Waals surface area contributed by atoms with Gasteiger partial charge in [-0.3, -0.25) is 14.5 Å². The van der Waals surface area contributed by atoms with Crippen molar-refractivity contribution in [2.45, 2.75) is 11.8 Å². The topological polar surface area (TPSA) is 46.6 Å². The van der Waals surface area contributed by atoms with Crippen LogP contribution in [0, 0.1) is 11.8 Å². The van der Waals surface area contributed by atoms with Gasteiger partial charge in [-0.1, -0.05) is 72.8 Å². The highest BCUT2D eigenvalue weighted by Crippen LogP contribution is 2.49. The van der Waals surface area contributed by atoms with E-state index >= 15 is 0 Å². The standard InChI is InChI=1S/C23H23NO3/c1-27-15-14-24-22(25)20-18(16-8-4-2-5-9-16)12-13-19(21(20)23(24)26)17-10-6-3-7-11-17/h2-13,18-21H,14-15H2,1H3. The highest BCUT2D eigenvalue weighted by molar-refractivity contribution is 6.06. The number of allylic oxidation sites excluding steroid dienone is 2. The Morgan fingerprint density at radius 1 is 0.778 bits per heavy atom. The van der Waals surface area contributed by atoms with Crippen molar-refractivity contribution in [3.05, 3.63) is 83.9 Å². The summed E-state index contributed by atoms with van der Waals surface area (Å²) in [5.74, 6) is -1.07. The zero-order valence-electron chi connectivity index (χ0n) is 15.3. The first-order valence-corrected chi connectivity index (χ1v) is 9.34. The third-order valence-corrected chi connectivity index (χ3v) is 5.68. The van der Waals surface area contributed by atoms with Gasteiger partial charge in [0.1, 0.15) is 0 Å². The van der Waals surface area contributed by atoms with Gasteiger partial charge in [-0.25, -0.2) is 0 Å². The number of amides is 2. The van der Waals surface area contributed by atoms with Gasteiger partial charge in [0.05, 0.1) is 25.0 Å². The van der Waals surface area contributed by atoms with Crippen LogP contribution in [0.3, 0.4) is 0 Å². The minimum atomic E-state index is -0.369. The van der Waals surface area contributed by atoms with E-state index in [1.807, 2.05) is 60.7 Å². The molecule has 0 aromatic heterocycles. The molecule has 1 aliphatic carbocycles. The molecule has 0 spiro atoms. The average molecular weight is 361 g/mol. The second-order valence-electron chi connectivity index (χ2n) is 7.13. The van der Waals surface area contributed by atoms with Crippen molar-refractivity contribution in [2.75, 3.05) is 20.3 Å². The number of carbonyl (C=O) groups excluding carboxylic acids is 2. The second kappa shape index (κ2) is 7.49. The SMILES string of the molecule is COCCN1C(=O)C2C(c3ccccc3)C=CC(c3ccccc3)C2C1=O. The van der Waals surface area contributed by atoms with Crippen molar-refractivity contribution in [3.63, 3.8) is 0 Å². The molecule has 27 heavy (non-hydrogen) atoms. The van der Waals surface area contributed by atoms with Gasteiger partial charge in [0, 0.05) is 18.9 Å². The minimum Gasteiger partial charge on any atom is -0.383 e. The van der Waals surface area contributed by atoms with Crippen LogP contribution in [0.1, 0.15) is 23.0 Å². The summed E-state index contributed by atoms with van der Waals surface area (Å²) in [5, 5.41) is 0. The number of hydrogen-bond donors (Lipinski definition) is 0. The van der Waals surface area contributed by atoms with E-state index in [-0.39, 0.29) is 35.5 Å². The van der Waals surface area contributed by atoms with Crippen LogP contribution < -0.4 is 0 Å². The number of hydrogen-bond acceptors (Lipinski definition) is 3. The summed E-state index contributed by atoms with van der Waals surface area (Å²) in [4.78, 5) is 27.9. The maximum Gasteiger partial charge on any atom is 0.234 e. The Morgan fingerprint density at radius 2 is 1.22 bits per heavy atom. The van der Waals surface area contributed by atoms with Crippen LogP contribution in [-0.2, 0) is 14.3 Å². The first-order valence-electron chi connectivity index (χ1n) is 9.34. The lowest BCUT2D eigenvalue weighted by atomic mass is 9.68. The van der Waals surface area contributed by atoms with E-state index in [4.69, 9.17) is 4.74 Å². The van der Waals surface area contributed by atoms with Gasteiger partial charge >= 0.3 is 0 Å². The van der Waals surface area contributed by atoms with E-state index < -0.39 is 0 Å². The van der Waals surface area contributed by atoms with E-state index in [2.05, 4.69) is 12.2 Å². The number of likely N-dealkylation sites (tertiary alicyclic amines) is 1. The van der Waals surface area contributed by atoms with Crippen LogP contribution in [0.25, 0.3) is 0 Å². The second-order valence-corrected chi connectivity index (χ2v) is 7.13. The zero-order chi connectivity index (χ0) is 18.8. The van der Waals surface area contributed by atoms with Crippen molar-refractivity contribution in [2.24, 2.45) is 11.8 Å². The molecular weight excluding hydrogens is 338 g/mol. The quantitative estimate of drug-likeness (QED) is 0.606. The molecule has 2 amide bonds. The Hall–Kier alpha value is -2.72. The average Bonchev–Trinajstić information content (AvgIpc) is 2.98. The molecule has 4 heteroatoms. The first-order chi connectivity index (χ1) is 13.2. The Labute approximate surface area is 159 Å². The molecule has 1 aliphatic heterocycles. The number of ether oxygens (including phenoxy) is 1. The number of fused-ring (bicyclic) bond motifs is 1. The largest absolute Gasteiger partial charge is 0.383 e. The van der Waals surface area contributed by atoms with Gasteiger partial charge in [-0.15, -0.1) is 0 Å². The van der Waals surface area contributed by atoms with Crippen LogP contribution in [0.2, 0.25) is 0 Å². The third kappa shape index (κ3) is 3.10. The molecule has 2 aromatic carbocycles. The van der Waals surface area contributed by atoms with Crippen LogP contribution in [0.5, 0.6) is 0 Å². The number of carbonyl (C=O) groups is 2. The molecule has 4 unspecified atom stereocenters. The highest BCUT2D eigenvalue weighted by atomic mass is 16.5. The van der Waals surface area contributed by atoms with Gasteiger partial charge in [0.15, 0.2) is 0 Å². The van der Waals surface area contributed by atoms with Gasteiger partial charge in [0.2, 0.25) is 11.8 Å². The van der Waals surface area contributed by atoms with Crippen LogP contribution in [0.15, 0.2) is 72.8 Å². The fourth-order valence-electron chi connectivity index (χ4n) is 4.40. The van der Waals surface area contributed by atoms with E-state index in [1.54, 1.807) is 7.11 Å². The predicted octanol–water partition coefficient (Wildman–Crippen LogP) is 3.37. The van der Waals surface area contributed by atoms with E-state index in [1.165, 1.54) is 4.90 Å². The van der Waals surface area contributed by atoms with Crippen LogP contribution in [-0.4, -0.2) is 37.0 Å². The zero-order valence-corrected chi connectivity index (χ0v) is 15.3. The third-order valence-electron chi connectivity index (χ3n) is 5.68. The van der Waals surface area contributed by atoms with Crippen LogP contribution in [0.4, 0.5) is 0 Å². The summed E-state index contributed by atoms with van der Waals surface area (Å²) in [6.07, 6.45) is 4.22. The molecule has 1 fully saturated rings. The molecule has 1 heterocycles. The summed E-state index contributed by atoms with van der Waals surface area (Å²) in [6.45, 7) is 0.667. The molecule has 0 N–H and O–H groups in total. The summed E-state index contributed by atoms with van der Waals surface area (Å²) in [5.41, 5.74) is 2.15. The number of methoxy groups -OCH3 is 1. The van der Waals surface area contributed by atoms with Gasteiger partial charge in [0.25, 0.3) is 0 Å². The molecule has 0 saturated carbocycles. The lowest BCUT2D eigenvalue weighted by molar-refractivity contribution is -0.140.